The molecule has 0 aliphatic rings. The maximum Gasteiger partial charge on any atom is 0.391 e. The molecule has 0 fully saturated rings. The number of fused-ring (bicyclic) bond motifs is 1. The summed E-state index contributed by atoms with van der Waals surface area (Å²) in [5, 5.41) is -1.20. The van der Waals surface area contributed by atoms with Gasteiger partial charge in [-0.05, 0) is 51.4 Å². The highest BCUT2D eigenvalue weighted by Gasteiger charge is 2.30. The van der Waals surface area contributed by atoms with Crippen LogP contribution in [-0.4, -0.2) is 28.9 Å². The second-order valence-corrected chi connectivity index (χ2v) is 6.42. The number of ether oxygens (including phenoxy) is 2. The maximum absolute atomic E-state index is 12.4. The highest BCUT2D eigenvalue weighted by molar-refractivity contribution is 6.80. The van der Waals surface area contributed by atoms with Crippen LogP contribution in [-0.2, 0) is 19.1 Å². The minimum atomic E-state index is -1.20. The molecule has 1 aromatic carbocycles. The lowest BCUT2D eigenvalue weighted by Gasteiger charge is -2.28. The van der Waals surface area contributed by atoms with Gasteiger partial charge in [0, 0.05) is 12.0 Å². The number of halogens is 1. The molecule has 8 heteroatoms. The predicted molar refractivity (Wildman–Crippen MR) is 83.7 cm³/mol. The predicted octanol–water partition coefficient (Wildman–Crippen LogP) is 3.36. The maximum atomic E-state index is 12.4. The average molecular weight is 357 g/mol. The molecule has 0 aliphatic carbocycles. The van der Waals surface area contributed by atoms with E-state index in [1.807, 2.05) is 0 Å². The van der Waals surface area contributed by atoms with Crippen LogP contribution >= 0.6 is 11.6 Å². The van der Waals surface area contributed by atoms with Crippen LogP contribution in [0, 0.1) is 6.92 Å². The summed E-state index contributed by atoms with van der Waals surface area (Å²) in [6.07, 6.45) is -0.462. The number of aryl methyl sites for hydroxylation is 1. The van der Waals surface area contributed by atoms with Crippen molar-refractivity contribution >= 4 is 39.9 Å². The lowest BCUT2D eigenvalue weighted by Crippen LogP contribution is -2.34. The third kappa shape index (κ3) is 3.97. The van der Waals surface area contributed by atoms with Crippen molar-refractivity contribution in [3.8, 4) is 0 Å². The first-order chi connectivity index (χ1) is 11.1. The van der Waals surface area contributed by atoms with Gasteiger partial charge in [-0.2, -0.15) is 0 Å². The van der Waals surface area contributed by atoms with E-state index in [9.17, 15) is 14.4 Å². The Morgan fingerprint density at radius 1 is 1.25 bits per heavy atom. The van der Waals surface area contributed by atoms with Gasteiger partial charge in [-0.3, -0.25) is 13.9 Å². The van der Waals surface area contributed by atoms with E-state index in [4.69, 9.17) is 30.2 Å². The summed E-state index contributed by atoms with van der Waals surface area (Å²) in [4.78, 5) is 34.2. The second-order valence-electron chi connectivity index (χ2n) is 6.08. The van der Waals surface area contributed by atoms with Crippen LogP contribution in [0.4, 0.5) is 0 Å². The molecule has 1 atom stereocenters. The van der Waals surface area contributed by atoms with Crippen molar-refractivity contribution in [1.82, 2.24) is 0 Å². The zero-order valence-electron chi connectivity index (χ0n) is 13.7. The Hall–Kier alpha value is -2.28. The van der Waals surface area contributed by atoms with Crippen LogP contribution < -0.4 is 0 Å². The van der Waals surface area contributed by atoms with Gasteiger partial charge in [-0.1, -0.05) is 0 Å². The lowest BCUT2D eigenvalue weighted by molar-refractivity contribution is -0.155. The molecule has 0 spiro atoms. The fraction of sp³-hybridized carbons (Fsp3) is 0.438. The molecule has 1 unspecified atom stereocenters. The smallest absolute Gasteiger partial charge is 0.391 e. The number of carbonyl (C=O) groups is 3. The Bertz CT molecular complexity index is 784. The molecule has 0 aliphatic heterocycles. The molecule has 24 heavy (non-hydrogen) atoms. The van der Waals surface area contributed by atoms with Crippen molar-refractivity contribution < 1.29 is 33.0 Å². The third-order valence-corrected chi connectivity index (χ3v) is 3.58. The van der Waals surface area contributed by atoms with Gasteiger partial charge in [-0.15, -0.1) is 0 Å². The van der Waals surface area contributed by atoms with Crippen LogP contribution in [0.2, 0.25) is 0 Å². The molecule has 1 aromatic heterocycles. The lowest BCUT2D eigenvalue weighted by atomic mass is 10.0. The molecule has 0 bridgehead atoms. The zero-order chi connectivity index (χ0) is 18.1. The van der Waals surface area contributed by atoms with E-state index in [0.717, 1.165) is 0 Å². The van der Waals surface area contributed by atoms with E-state index in [1.165, 1.54) is 0 Å². The summed E-state index contributed by atoms with van der Waals surface area (Å²) < 4.78 is 20.0. The Balaban J connectivity index is 2.03. The molecular weight excluding hydrogens is 340 g/mol. The molecule has 2 aromatic rings. The van der Waals surface area contributed by atoms with Gasteiger partial charge in [0.1, 0.15) is 11.7 Å². The summed E-state index contributed by atoms with van der Waals surface area (Å²) in [5.74, 6) is -1.68. The molecular formula is C16H17ClO7. The molecule has 0 amide bonds. The number of carbonyl (C=O) groups excluding carboxylic acids is 3. The fourth-order valence-corrected chi connectivity index (χ4v) is 2.46. The van der Waals surface area contributed by atoms with Crippen molar-refractivity contribution in [3.05, 3.63) is 23.3 Å². The normalized spacial score (nSPS) is 12.9. The summed E-state index contributed by atoms with van der Waals surface area (Å²) in [5.41, 5.74) is 1.11. The Kier molecular flexibility index (Phi) is 5.03. The zero-order valence-corrected chi connectivity index (χ0v) is 14.4. The van der Waals surface area contributed by atoms with Gasteiger partial charge < -0.3 is 9.47 Å². The van der Waals surface area contributed by atoms with Crippen LogP contribution in [0.15, 0.2) is 21.3 Å². The molecule has 0 saturated heterocycles. The second kappa shape index (κ2) is 6.68. The Morgan fingerprint density at radius 3 is 2.46 bits per heavy atom. The molecule has 2 rings (SSSR count). The highest BCUT2D eigenvalue weighted by atomic mass is 35.5. The topological polar surface area (TPSA) is 96.0 Å². The van der Waals surface area contributed by atoms with E-state index < -0.39 is 28.9 Å². The first-order valence-corrected chi connectivity index (χ1v) is 7.60. The van der Waals surface area contributed by atoms with Crippen LogP contribution in [0.25, 0.3) is 11.2 Å². The number of rotatable bonds is 6. The summed E-state index contributed by atoms with van der Waals surface area (Å²) >= 11 is 5.04. The number of esters is 2. The largest absolute Gasteiger partial charge is 0.456 e. The van der Waals surface area contributed by atoms with Gasteiger partial charge in [0.25, 0.3) is 0 Å². The van der Waals surface area contributed by atoms with Crippen LogP contribution in [0.3, 0.4) is 0 Å². The van der Waals surface area contributed by atoms with E-state index in [0.29, 0.717) is 22.3 Å². The van der Waals surface area contributed by atoms with Crippen molar-refractivity contribution in [3.63, 3.8) is 0 Å². The highest BCUT2D eigenvalue weighted by Crippen LogP contribution is 2.27. The van der Waals surface area contributed by atoms with E-state index >= 15 is 0 Å². The summed E-state index contributed by atoms with van der Waals surface area (Å²) in [6.45, 7) is 6.65. The standard InChI is InChI=1S/C16H17ClO7/c1-8(21-15(20)13(17)18)7-16(3,4)22-14(19)10-5-6-11-12(9(10)2)24-23-11/h5-6,8H,7H2,1-4H3. The first-order valence-electron chi connectivity index (χ1n) is 7.22. The monoisotopic (exact) mass is 356 g/mol. The van der Waals surface area contributed by atoms with E-state index in [2.05, 4.69) is 0 Å². The van der Waals surface area contributed by atoms with Crippen molar-refractivity contribution in [2.75, 3.05) is 0 Å². The van der Waals surface area contributed by atoms with Crippen molar-refractivity contribution in [1.29, 1.82) is 0 Å². The minimum absolute atomic E-state index is 0.193. The fourth-order valence-electron chi connectivity index (χ4n) is 2.42. The minimum Gasteiger partial charge on any atom is -0.456 e. The van der Waals surface area contributed by atoms with Gasteiger partial charge in [0.2, 0.25) is 11.2 Å². The molecule has 0 N–H and O–H groups in total. The van der Waals surface area contributed by atoms with E-state index in [1.54, 1.807) is 39.8 Å². The quantitative estimate of drug-likeness (QED) is 0.339. The van der Waals surface area contributed by atoms with Crippen molar-refractivity contribution in [2.24, 2.45) is 0 Å². The van der Waals surface area contributed by atoms with Crippen LogP contribution in [0.5, 0.6) is 0 Å². The summed E-state index contributed by atoms with van der Waals surface area (Å²) in [6, 6.07) is 3.20. The summed E-state index contributed by atoms with van der Waals surface area (Å²) in [7, 11) is 0. The number of hydrogen-bond acceptors (Lipinski definition) is 7. The SMILES string of the molecule is Cc1c(C(=O)OC(C)(C)CC(C)OC(=O)C(=O)Cl)ccc2ooc12. The third-order valence-electron chi connectivity index (χ3n) is 3.42. The van der Waals surface area contributed by atoms with Gasteiger partial charge in [-0.25, -0.2) is 9.59 Å². The first kappa shape index (κ1) is 18.1. The molecule has 130 valence electrons. The average Bonchev–Trinajstić information content (AvgIpc) is 2.38. The Morgan fingerprint density at radius 2 is 1.92 bits per heavy atom. The number of benzene rings is 1. The Labute approximate surface area is 142 Å². The van der Waals surface area contributed by atoms with Gasteiger partial charge in [0.05, 0.1) is 5.56 Å². The van der Waals surface area contributed by atoms with E-state index in [-0.39, 0.29) is 6.42 Å². The van der Waals surface area contributed by atoms with Crippen LogP contribution in [0.1, 0.15) is 43.1 Å². The molecule has 1 heterocycles. The molecule has 7 nitrogen and oxygen atoms in total. The number of hydrogen-bond donors (Lipinski definition) is 0. The molecule has 0 radical (unpaired) electrons. The van der Waals surface area contributed by atoms with Gasteiger partial charge >= 0.3 is 17.2 Å². The molecule has 0 saturated carbocycles. The van der Waals surface area contributed by atoms with Gasteiger partial charge in [0.15, 0.2) is 0 Å². The van der Waals surface area contributed by atoms with Crippen molar-refractivity contribution in [2.45, 2.75) is 45.8 Å².